The van der Waals surface area contributed by atoms with E-state index in [0.29, 0.717) is 0 Å². The Kier molecular flexibility index (Phi) is 4.15. The Labute approximate surface area is 100.0 Å². The standard InChI is InChI=1S/C11H10F4O3/c1-6-4-7(12)2-3-8(6)18-9(5-10(16)17)11(13,14)15/h2-4,9H,5H2,1H3,(H,16,17). The van der Waals surface area contributed by atoms with Gasteiger partial charge in [-0.05, 0) is 30.7 Å². The summed E-state index contributed by atoms with van der Waals surface area (Å²) in [5.41, 5.74) is 0.162. The van der Waals surface area contributed by atoms with Crippen molar-refractivity contribution in [1.29, 1.82) is 0 Å². The molecule has 0 saturated heterocycles. The first-order valence-electron chi connectivity index (χ1n) is 4.91. The van der Waals surface area contributed by atoms with Gasteiger partial charge in [0, 0.05) is 0 Å². The van der Waals surface area contributed by atoms with E-state index < -0.39 is 30.5 Å². The van der Waals surface area contributed by atoms with Crippen molar-refractivity contribution in [3.63, 3.8) is 0 Å². The van der Waals surface area contributed by atoms with Crippen molar-refractivity contribution in [2.24, 2.45) is 0 Å². The third kappa shape index (κ3) is 3.90. The van der Waals surface area contributed by atoms with Crippen LogP contribution in [-0.4, -0.2) is 23.4 Å². The lowest BCUT2D eigenvalue weighted by molar-refractivity contribution is -0.200. The molecule has 0 heterocycles. The largest absolute Gasteiger partial charge is 0.481 e. The molecule has 1 aromatic rings. The summed E-state index contributed by atoms with van der Waals surface area (Å²) in [6.07, 6.45) is -8.47. The second kappa shape index (κ2) is 5.24. The van der Waals surface area contributed by atoms with Crippen molar-refractivity contribution < 1.29 is 32.2 Å². The highest BCUT2D eigenvalue weighted by Gasteiger charge is 2.43. The van der Waals surface area contributed by atoms with Gasteiger partial charge in [0.1, 0.15) is 11.6 Å². The van der Waals surface area contributed by atoms with E-state index >= 15 is 0 Å². The molecule has 0 bridgehead atoms. The van der Waals surface area contributed by atoms with Gasteiger partial charge in [-0.1, -0.05) is 0 Å². The van der Waals surface area contributed by atoms with Gasteiger partial charge in [-0.3, -0.25) is 4.79 Å². The van der Waals surface area contributed by atoms with Crippen LogP contribution < -0.4 is 4.74 Å². The van der Waals surface area contributed by atoms with Crippen LogP contribution in [0.4, 0.5) is 17.6 Å². The van der Waals surface area contributed by atoms with Crippen LogP contribution in [0.5, 0.6) is 5.75 Å². The summed E-state index contributed by atoms with van der Waals surface area (Å²) < 4.78 is 54.9. The number of ether oxygens (including phenoxy) is 1. The summed E-state index contributed by atoms with van der Waals surface area (Å²) in [6.45, 7) is 1.37. The maximum absolute atomic E-state index is 12.8. The predicted molar refractivity (Wildman–Crippen MR) is 53.9 cm³/mol. The molecule has 0 saturated carbocycles. The zero-order valence-electron chi connectivity index (χ0n) is 9.29. The fourth-order valence-electron chi connectivity index (χ4n) is 1.28. The summed E-state index contributed by atoms with van der Waals surface area (Å²) in [5, 5.41) is 8.40. The number of carboxylic acid groups (broad SMARTS) is 1. The quantitative estimate of drug-likeness (QED) is 0.852. The van der Waals surface area contributed by atoms with E-state index in [9.17, 15) is 22.4 Å². The van der Waals surface area contributed by atoms with Crippen LogP contribution in [0.1, 0.15) is 12.0 Å². The monoisotopic (exact) mass is 266 g/mol. The van der Waals surface area contributed by atoms with Crippen LogP contribution in [-0.2, 0) is 4.79 Å². The number of halogens is 4. The van der Waals surface area contributed by atoms with Crippen molar-refractivity contribution in [3.05, 3.63) is 29.6 Å². The molecular formula is C11H10F4O3. The van der Waals surface area contributed by atoms with Gasteiger partial charge < -0.3 is 9.84 Å². The molecule has 1 unspecified atom stereocenters. The fraction of sp³-hybridized carbons (Fsp3) is 0.364. The van der Waals surface area contributed by atoms with Crippen LogP contribution in [0.25, 0.3) is 0 Å². The highest BCUT2D eigenvalue weighted by Crippen LogP contribution is 2.29. The number of hydrogen-bond acceptors (Lipinski definition) is 2. The van der Waals surface area contributed by atoms with Gasteiger partial charge in [0.25, 0.3) is 0 Å². The highest BCUT2D eigenvalue weighted by molar-refractivity contribution is 5.67. The average molecular weight is 266 g/mol. The molecule has 1 atom stereocenters. The Bertz CT molecular complexity index is 442. The zero-order chi connectivity index (χ0) is 13.9. The molecule has 0 fully saturated rings. The highest BCUT2D eigenvalue weighted by atomic mass is 19.4. The van der Waals surface area contributed by atoms with Gasteiger partial charge in [-0.15, -0.1) is 0 Å². The van der Waals surface area contributed by atoms with E-state index in [4.69, 9.17) is 5.11 Å². The number of aliphatic carboxylic acids is 1. The Morgan fingerprint density at radius 3 is 2.50 bits per heavy atom. The first kappa shape index (κ1) is 14.3. The maximum atomic E-state index is 12.8. The average Bonchev–Trinajstić information content (AvgIpc) is 2.18. The van der Waals surface area contributed by atoms with Gasteiger partial charge in [0.15, 0.2) is 0 Å². The van der Waals surface area contributed by atoms with Crippen molar-refractivity contribution in [1.82, 2.24) is 0 Å². The van der Waals surface area contributed by atoms with Crippen molar-refractivity contribution in [2.75, 3.05) is 0 Å². The molecule has 1 rings (SSSR count). The molecule has 0 aliphatic carbocycles. The molecule has 0 amide bonds. The molecule has 0 aliphatic heterocycles. The van der Waals surface area contributed by atoms with Crippen LogP contribution in [0.15, 0.2) is 18.2 Å². The number of rotatable bonds is 4. The van der Waals surface area contributed by atoms with Crippen LogP contribution in [0.3, 0.4) is 0 Å². The second-order valence-corrected chi connectivity index (χ2v) is 3.66. The predicted octanol–water partition coefficient (Wildman–Crippen LogP) is 2.92. The van der Waals surface area contributed by atoms with E-state index in [-0.39, 0.29) is 11.3 Å². The molecule has 1 N–H and O–H groups in total. The summed E-state index contributed by atoms with van der Waals surface area (Å²) >= 11 is 0. The Hall–Kier alpha value is -1.79. The fourth-order valence-corrected chi connectivity index (χ4v) is 1.28. The molecule has 0 spiro atoms. The molecule has 3 nitrogen and oxygen atoms in total. The van der Waals surface area contributed by atoms with E-state index in [1.54, 1.807) is 0 Å². The molecule has 18 heavy (non-hydrogen) atoms. The number of aryl methyl sites for hydroxylation is 1. The molecule has 0 radical (unpaired) electrons. The normalized spacial score (nSPS) is 13.2. The SMILES string of the molecule is Cc1cc(F)ccc1OC(CC(=O)O)C(F)(F)F. The summed E-state index contributed by atoms with van der Waals surface area (Å²) in [5.74, 6) is -2.43. The molecule has 100 valence electrons. The Balaban J connectivity index is 2.92. The third-order valence-electron chi connectivity index (χ3n) is 2.13. The van der Waals surface area contributed by atoms with Gasteiger partial charge >= 0.3 is 12.1 Å². The lowest BCUT2D eigenvalue weighted by Gasteiger charge is -2.21. The van der Waals surface area contributed by atoms with E-state index in [1.165, 1.54) is 6.92 Å². The minimum Gasteiger partial charge on any atom is -0.481 e. The van der Waals surface area contributed by atoms with Gasteiger partial charge in [0.05, 0.1) is 6.42 Å². The smallest absolute Gasteiger partial charge is 0.426 e. The van der Waals surface area contributed by atoms with Gasteiger partial charge in [-0.2, -0.15) is 13.2 Å². The summed E-state index contributed by atoms with van der Waals surface area (Å²) in [4.78, 5) is 10.3. The van der Waals surface area contributed by atoms with Crippen LogP contribution in [0, 0.1) is 12.7 Å². The number of carboxylic acids is 1. The summed E-state index contributed by atoms with van der Waals surface area (Å²) in [6, 6.07) is 2.98. The van der Waals surface area contributed by atoms with Crippen LogP contribution in [0.2, 0.25) is 0 Å². The topological polar surface area (TPSA) is 46.5 Å². The zero-order valence-corrected chi connectivity index (χ0v) is 9.29. The Morgan fingerprint density at radius 1 is 1.44 bits per heavy atom. The van der Waals surface area contributed by atoms with Crippen LogP contribution >= 0.6 is 0 Å². The lowest BCUT2D eigenvalue weighted by Crippen LogP contribution is -2.36. The third-order valence-corrected chi connectivity index (χ3v) is 2.13. The van der Waals surface area contributed by atoms with Crippen molar-refractivity contribution in [2.45, 2.75) is 25.6 Å². The molecule has 7 heteroatoms. The second-order valence-electron chi connectivity index (χ2n) is 3.66. The number of benzene rings is 1. The number of hydrogen-bond donors (Lipinski definition) is 1. The number of carbonyl (C=O) groups is 1. The molecular weight excluding hydrogens is 256 g/mol. The van der Waals surface area contributed by atoms with E-state index in [1.807, 2.05) is 0 Å². The summed E-state index contributed by atoms with van der Waals surface area (Å²) in [7, 11) is 0. The minimum atomic E-state index is -4.81. The first-order chi connectivity index (χ1) is 8.20. The maximum Gasteiger partial charge on any atom is 0.426 e. The van der Waals surface area contributed by atoms with E-state index in [2.05, 4.69) is 4.74 Å². The Morgan fingerprint density at radius 2 is 2.06 bits per heavy atom. The first-order valence-corrected chi connectivity index (χ1v) is 4.91. The lowest BCUT2D eigenvalue weighted by atomic mass is 10.2. The number of alkyl halides is 3. The molecule has 1 aromatic carbocycles. The van der Waals surface area contributed by atoms with E-state index in [0.717, 1.165) is 18.2 Å². The van der Waals surface area contributed by atoms with Crippen molar-refractivity contribution >= 4 is 5.97 Å². The van der Waals surface area contributed by atoms with Gasteiger partial charge in [0.2, 0.25) is 6.10 Å². The minimum absolute atomic E-state index is 0.162. The molecule has 0 aromatic heterocycles. The molecule has 0 aliphatic rings. The van der Waals surface area contributed by atoms with Crippen molar-refractivity contribution in [3.8, 4) is 5.75 Å². The van der Waals surface area contributed by atoms with Gasteiger partial charge in [-0.25, -0.2) is 4.39 Å².